The highest BCUT2D eigenvalue weighted by atomic mass is 35.5. The maximum atomic E-state index is 12.2. The standard InChI is InChI=1S/C21H21Cl2N3OS/c1-13-3-6-16(7-4-13)25-20(27)10-21-26-17(12-28-21)11-24-14(2)18-8-5-15(22)9-19(18)23/h3-9,12,14,24H,10-11H2,1-2H3,(H,25,27). The van der Waals surface area contributed by atoms with Gasteiger partial charge in [-0.3, -0.25) is 4.79 Å². The summed E-state index contributed by atoms with van der Waals surface area (Å²) in [5.41, 5.74) is 3.84. The molecule has 1 amide bonds. The molecule has 4 nitrogen and oxygen atoms in total. The van der Waals surface area contributed by atoms with E-state index in [9.17, 15) is 4.79 Å². The van der Waals surface area contributed by atoms with Crippen LogP contribution in [0.2, 0.25) is 10.0 Å². The lowest BCUT2D eigenvalue weighted by atomic mass is 10.1. The lowest BCUT2D eigenvalue weighted by molar-refractivity contribution is -0.115. The quantitative estimate of drug-likeness (QED) is 0.495. The Hall–Kier alpha value is -1.92. The number of aryl methyl sites for hydroxylation is 1. The van der Waals surface area contributed by atoms with E-state index in [-0.39, 0.29) is 18.4 Å². The number of hydrogen-bond donors (Lipinski definition) is 2. The second-order valence-corrected chi connectivity index (χ2v) is 8.38. The van der Waals surface area contributed by atoms with E-state index < -0.39 is 0 Å². The topological polar surface area (TPSA) is 54.0 Å². The van der Waals surface area contributed by atoms with Gasteiger partial charge in [0.05, 0.1) is 12.1 Å². The molecule has 0 bridgehead atoms. The van der Waals surface area contributed by atoms with Crippen LogP contribution in [-0.4, -0.2) is 10.9 Å². The number of nitrogens with zero attached hydrogens (tertiary/aromatic N) is 1. The Morgan fingerprint density at radius 3 is 2.64 bits per heavy atom. The number of anilines is 1. The molecule has 0 saturated heterocycles. The van der Waals surface area contributed by atoms with E-state index >= 15 is 0 Å². The number of halogens is 2. The van der Waals surface area contributed by atoms with Crippen LogP contribution in [0.25, 0.3) is 0 Å². The fraction of sp³-hybridized carbons (Fsp3) is 0.238. The first-order valence-electron chi connectivity index (χ1n) is 8.89. The molecular weight excluding hydrogens is 413 g/mol. The maximum absolute atomic E-state index is 12.2. The van der Waals surface area contributed by atoms with Crippen molar-refractivity contribution in [1.29, 1.82) is 0 Å². The predicted molar refractivity (Wildman–Crippen MR) is 117 cm³/mol. The van der Waals surface area contributed by atoms with Gasteiger partial charge < -0.3 is 10.6 Å². The Kier molecular flexibility index (Phi) is 7.08. The molecule has 146 valence electrons. The number of rotatable bonds is 7. The molecule has 0 spiro atoms. The number of hydrogen-bond acceptors (Lipinski definition) is 4. The van der Waals surface area contributed by atoms with Crippen LogP contribution in [0.3, 0.4) is 0 Å². The molecule has 2 N–H and O–H groups in total. The third-order valence-corrected chi connectivity index (χ3v) is 5.72. The molecule has 0 radical (unpaired) electrons. The number of aromatic nitrogens is 1. The molecule has 2 aromatic carbocycles. The summed E-state index contributed by atoms with van der Waals surface area (Å²) in [6.45, 7) is 4.64. The van der Waals surface area contributed by atoms with E-state index in [1.54, 1.807) is 6.07 Å². The van der Waals surface area contributed by atoms with Crippen molar-refractivity contribution in [2.75, 3.05) is 5.32 Å². The van der Waals surface area contributed by atoms with Crippen molar-refractivity contribution in [2.24, 2.45) is 0 Å². The van der Waals surface area contributed by atoms with Gasteiger partial charge in [0, 0.05) is 33.7 Å². The summed E-state index contributed by atoms with van der Waals surface area (Å²) in [5, 5.41) is 10.3. The molecule has 0 aliphatic carbocycles. The highest BCUT2D eigenvalue weighted by molar-refractivity contribution is 7.09. The van der Waals surface area contributed by atoms with Gasteiger partial charge >= 0.3 is 0 Å². The van der Waals surface area contributed by atoms with Crippen molar-refractivity contribution < 1.29 is 4.79 Å². The van der Waals surface area contributed by atoms with Crippen LogP contribution in [0.15, 0.2) is 47.8 Å². The van der Waals surface area contributed by atoms with E-state index in [2.05, 4.69) is 15.6 Å². The predicted octanol–water partition coefficient (Wildman–Crippen LogP) is 5.79. The van der Waals surface area contributed by atoms with Crippen molar-refractivity contribution in [1.82, 2.24) is 10.3 Å². The number of carbonyl (C=O) groups is 1. The van der Waals surface area contributed by atoms with Gasteiger partial charge in [0.25, 0.3) is 0 Å². The van der Waals surface area contributed by atoms with Crippen LogP contribution in [0.1, 0.15) is 34.8 Å². The lowest BCUT2D eigenvalue weighted by Crippen LogP contribution is -2.19. The molecule has 0 aliphatic heterocycles. The normalized spacial score (nSPS) is 12.0. The van der Waals surface area contributed by atoms with Crippen molar-refractivity contribution in [3.05, 3.63) is 79.7 Å². The minimum absolute atomic E-state index is 0.0553. The van der Waals surface area contributed by atoms with Crippen molar-refractivity contribution >= 4 is 46.1 Å². The summed E-state index contributed by atoms with van der Waals surface area (Å²) in [4.78, 5) is 16.8. The van der Waals surface area contributed by atoms with Gasteiger partial charge in [0.15, 0.2) is 0 Å². The number of thiazole rings is 1. The number of amides is 1. The van der Waals surface area contributed by atoms with Crippen LogP contribution in [0.5, 0.6) is 0 Å². The van der Waals surface area contributed by atoms with E-state index in [0.717, 1.165) is 27.5 Å². The second-order valence-electron chi connectivity index (χ2n) is 6.59. The number of nitrogens with one attached hydrogen (secondary N) is 2. The summed E-state index contributed by atoms with van der Waals surface area (Å²) in [7, 11) is 0. The summed E-state index contributed by atoms with van der Waals surface area (Å²) < 4.78 is 0. The highest BCUT2D eigenvalue weighted by Crippen LogP contribution is 2.26. The molecule has 3 aromatic rings. The third-order valence-electron chi connectivity index (χ3n) is 4.26. The Morgan fingerprint density at radius 1 is 1.18 bits per heavy atom. The lowest BCUT2D eigenvalue weighted by Gasteiger charge is -2.15. The highest BCUT2D eigenvalue weighted by Gasteiger charge is 2.12. The Balaban J connectivity index is 1.52. The molecule has 7 heteroatoms. The Labute approximate surface area is 178 Å². The largest absolute Gasteiger partial charge is 0.326 e. The monoisotopic (exact) mass is 433 g/mol. The fourth-order valence-corrected chi connectivity index (χ4v) is 4.08. The average molecular weight is 434 g/mol. The van der Waals surface area contributed by atoms with E-state index in [0.29, 0.717) is 16.6 Å². The van der Waals surface area contributed by atoms with Gasteiger partial charge in [-0.1, -0.05) is 47.0 Å². The molecule has 1 unspecified atom stereocenters. The van der Waals surface area contributed by atoms with Gasteiger partial charge in [0.1, 0.15) is 5.01 Å². The van der Waals surface area contributed by atoms with E-state index in [4.69, 9.17) is 23.2 Å². The summed E-state index contributed by atoms with van der Waals surface area (Å²) >= 11 is 13.7. The van der Waals surface area contributed by atoms with Crippen LogP contribution >= 0.6 is 34.5 Å². The second kappa shape index (κ2) is 9.52. The molecule has 1 heterocycles. The van der Waals surface area contributed by atoms with Gasteiger partial charge in [0.2, 0.25) is 5.91 Å². The molecule has 0 fully saturated rings. The maximum Gasteiger partial charge on any atom is 0.231 e. The SMILES string of the molecule is Cc1ccc(NC(=O)Cc2nc(CNC(C)c3ccc(Cl)cc3Cl)cs2)cc1. The summed E-state index contributed by atoms with van der Waals surface area (Å²) in [5.74, 6) is -0.0703. The molecule has 1 aromatic heterocycles. The smallest absolute Gasteiger partial charge is 0.231 e. The molecule has 28 heavy (non-hydrogen) atoms. The summed E-state index contributed by atoms with van der Waals surface area (Å²) in [6.07, 6.45) is 0.261. The average Bonchev–Trinajstić information content (AvgIpc) is 3.09. The Bertz CT molecular complexity index is 957. The van der Waals surface area contributed by atoms with Crippen LogP contribution in [0, 0.1) is 6.92 Å². The van der Waals surface area contributed by atoms with E-state index in [1.807, 2.05) is 55.6 Å². The zero-order chi connectivity index (χ0) is 20.1. The zero-order valence-corrected chi connectivity index (χ0v) is 18.0. The minimum atomic E-state index is -0.0703. The summed E-state index contributed by atoms with van der Waals surface area (Å²) in [6, 6.07) is 13.3. The number of carbonyl (C=O) groups excluding carboxylic acids is 1. The van der Waals surface area contributed by atoms with Crippen molar-refractivity contribution in [3.8, 4) is 0 Å². The molecule has 0 saturated carbocycles. The Morgan fingerprint density at radius 2 is 1.93 bits per heavy atom. The number of benzene rings is 2. The fourth-order valence-electron chi connectivity index (χ4n) is 2.71. The third kappa shape index (κ3) is 5.79. The van der Waals surface area contributed by atoms with Gasteiger partial charge in [-0.05, 0) is 43.7 Å². The van der Waals surface area contributed by atoms with Crippen LogP contribution < -0.4 is 10.6 Å². The molecule has 0 aliphatic rings. The first-order chi connectivity index (χ1) is 13.4. The van der Waals surface area contributed by atoms with Crippen LogP contribution in [0.4, 0.5) is 5.69 Å². The van der Waals surface area contributed by atoms with Gasteiger partial charge in [-0.15, -0.1) is 11.3 Å². The van der Waals surface area contributed by atoms with Crippen molar-refractivity contribution in [2.45, 2.75) is 32.9 Å². The first-order valence-corrected chi connectivity index (χ1v) is 10.5. The minimum Gasteiger partial charge on any atom is -0.326 e. The van der Waals surface area contributed by atoms with Gasteiger partial charge in [-0.2, -0.15) is 0 Å². The molecular formula is C21H21Cl2N3OS. The molecule has 1 atom stereocenters. The van der Waals surface area contributed by atoms with Crippen LogP contribution in [-0.2, 0) is 17.8 Å². The first kappa shape index (κ1) is 20.8. The molecule has 3 rings (SSSR count). The van der Waals surface area contributed by atoms with Crippen molar-refractivity contribution in [3.63, 3.8) is 0 Å². The zero-order valence-electron chi connectivity index (χ0n) is 15.6. The van der Waals surface area contributed by atoms with Gasteiger partial charge in [-0.25, -0.2) is 4.98 Å². The van der Waals surface area contributed by atoms with E-state index in [1.165, 1.54) is 11.3 Å².